The minimum Gasteiger partial charge on any atom is -0.355 e. The second-order valence-electron chi connectivity index (χ2n) is 7.19. The van der Waals surface area contributed by atoms with E-state index in [1.165, 1.54) is 0 Å². The number of fused-ring (bicyclic) bond motifs is 1. The molecular weight excluding hydrogens is 350 g/mol. The third-order valence-electron chi connectivity index (χ3n) is 5.22. The van der Waals surface area contributed by atoms with Gasteiger partial charge in [0.15, 0.2) is 11.6 Å². The van der Waals surface area contributed by atoms with Crippen molar-refractivity contribution < 1.29 is 0 Å². The van der Waals surface area contributed by atoms with Crippen molar-refractivity contribution >= 4 is 16.7 Å². The number of nitrogens with zero attached hydrogens (tertiary/aromatic N) is 6. The Labute approximate surface area is 162 Å². The first kappa shape index (κ1) is 16.8. The van der Waals surface area contributed by atoms with Crippen LogP contribution in [-0.4, -0.2) is 43.2 Å². The normalized spacial score (nSPS) is 17.2. The van der Waals surface area contributed by atoms with E-state index in [0.717, 1.165) is 65.7 Å². The van der Waals surface area contributed by atoms with Crippen LogP contribution < -0.4 is 4.90 Å². The molecule has 4 heterocycles. The number of nitrogens with one attached hydrogen (secondary N) is 1. The number of H-pyrrole nitrogens is 1. The number of anilines is 1. The van der Waals surface area contributed by atoms with Crippen molar-refractivity contribution in [1.29, 1.82) is 0 Å². The molecule has 1 N–H and O–H groups in total. The van der Waals surface area contributed by atoms with Crippen LogP contribution in [0.3, 0.4) is 0 Å². The molecule has 140 valence electrons. The Kier molecular flexibility index (Phi) is 4.20. The third-order valence-corrected chi connectivity index (χ3v) is 5.22. The smallest absolute Gasteiger partial charge is 0.162 e. The SMILES string of the molecule is Cc1nc(C2CCCN(c3nc(-c4ccncc4)nc4ccccc34)C2)n[nH]1. The molecule has 0 saturated carbocycles. The fourth-order valence-electron chi connectivity index (χ4n) is 3.85. The average molecular weight is 371 g/mol. The highest BCUT2D eigenvalue weighted by Gasteiger charge is 2.26. The Morgan fingerprint density at radius 1 is 1.04 bits per heavy atom. The number of hydrogen-bond acceptors (Lipinski definition) is 6. The fraction of sp³-hybridized carbons (Fsp3) is 0.286. The lowest BCUT2D eigenvalue weighted by atomic mass is 9.97. The van der Waals surface area contributed by atoms with Crippen LogP contribution >= 0.6 is 0 Å². The summed E-state index contributed by atoms with van der Waals surface area (Å²) in [6.07, 6.45) is 5.72. The average Bonchev–Trinajstić information content (AvgIpc) is 3.20. The number of hydrogen-bond donors (Lipinski definition) is 1. The van der Waals surface area contributed by atoms with Gasteiger partial charge in [0.25, 0.3) is 0 Å². The molecule has 1 fully saturated rings. The lowest BCUT2D eigenvalue weighted by Crippen LogP contribution is -2.35. The van der Waals surface area contributed by atoms with Crippen molar-refractivity contribution in [2.75, 3.05) is 18.0 Å². The number of para-hydroxylation sites is 1. The number of piperidine rings is 1. The van der Waals surface area contributed by atoms with E-state index in [9.17, 15) is 0 Å². The maximum Gasteiger partial charge on any atom is 0.162 e. The van der Waals surface area contributed by atoms with E-state index >= 15 is 0 Å². The van der Waals surface area contributed by atoms with Gasteiger partial charge >= 0.3 is 0 Å². The standard InChI is InChI=1S/C21H21N7/c1-14-23-20(27-26-14)16-5-4-12-28(13-16)21-17-6-2-3-7-18(17)24-19(25-21)15-8-10-22-11-9-15/h2-3,6-11,16H,4-5,12-13H2,1H3,(H,23,26,27). The van der Waals surface area contributed by atoms with Crippen LogP contribution in [0.5, 0.6) is 0 Å². The Balaban J connectivity index is 1.57. The molecule has 0 bridgehead atoms. The molecule has 28 heavy (non-hydrogen) atoms. The maximum absolute atomic E-state index is 4.97. The summed E-state index contributed by atoms with van der Waals surface area (Å²) in [5.41, 5.74) is 1.93. The molecule has 0 aliphatic carbocycles. The third kappa shape index (κ3) is 3.09. The van der Waals surface area contributed by atoms with Crippen LogP contribution in [0.1, 0.15) is 30.4 Å². The van der Waals surface area contributed by atoms with E-state index in [0.29, 0.717) is 5.92 Å². The van der Waals surface area contributed by atoms with Gasteiger partial charge in [-0.1, -0.05) is 12.1 Å². The molecule has 0 amide bonds. The lowest BCUT2D eigenvalue weighted by molar-refractivity contribution is 0.490. The topological polar surface area (TPSA) is 83.5 Å². The highest BCUT2D eigenvalue weighted by Crippen LogP contribution is 2.32. The van der Waals surface area contributed by atoms with E-state index in [4.69, 9.17) is 9.97 Å². The molecule has 1 aromatic carbocycles. The fourth-order valence-corrected chi connectivity index (χ4v) is 3.85. The summed E-state index contributed by atoms with van der Waals surface area (Å²) in [7, 11) is 0. The van der Waals surface area contributed by atoms with Crippen LogP contribution in [-0.2, 0) is 0 Å². The van der Waals surface area contributed by atoms with Crippen molar-refractivity contribution in [1.82, 2.24) is 30.1 Å². The zero-order valence-corrected chi connectivity index (χ0v) is 15.7. The van der Waals surface area contributed by atoms with Crippen LogP contribution in [0.2, 0.25) is 0 Å². The van der Waals surface area contributed by atoms with E-state index in [2.05, 4.69) is 31.1 Å². The second kappa shape index (κ2) is 6.99. The van der Waals surface area contributed by atoms with Crippen molar-refractivity contribution in [3.63, 3.8) is 0 Å². The highest BCUT2D eigenvalue weighted by molar-refractivity contribution is 5.91. The summed E-state index contributed by atoms with van der Waals surface area (Å²) in [6, 6.07) is 12.1. The van der Waals surface area contributed by atoms with E-state index in [1.54, 1.807) is 12.4 Å². The number of aryl methyl sites for hydroxylation is 1. The molecule has 3 aromatic heterocycles. The molecule has 1 aliphatic heterocycles. The molecule has 0 spiro atoms. The van der Waals surface area contributed by atoms with Crippen molar-refractivity contribution in [2.45, 2.75) is 25.7 Å². The summed E-state index contributed by atoms with van der Waals surface area (Å²) >= 11 is 0. The Bertz CT molecular complexity index is 1110. The first-order valence-electron chi connectivity index (χ1n) is 9.59. The monoisotopic (exact) mass is 371 g/mol. The van der Waals surface area contributed by atoms with E-state index in [1.807, 2.05) is 37.3 Å². The highest BCUT2D eigenvalue weighted by atomic mass is 15.2. The molecule has 1 saturated heterocycles. The largest absolute Gasteiger partial charge is 0.355 e. The van der Waals surface area contributed by atoms with Gasteiger partial charge in [-0.15, -0.1) is 0 Å². The zero-order chi connectivity index (χ0) is 18.9. The molecule has 1 unspecified atom stereocenters. The van der Waals surface area contributed by atoms with Crippen molar-refractivity contribution in [3.8, 4) is 11.4 Å². The Morgan fingerprint density at radius 3 is 2.71 bits per heavy atom. The minimum atomic E-state index is 0.303. The summed E-state index contributed by atoms with van der Waals surface area (Å²) < 4.78 is 0. The summed E-state index contributed by atoms with van der Waals surface area (Å²) in [5.74, 6) is 3.77. The number of aromatic amines is 1. The Hall–Kier alpha value is -3.35. The van der Waals surface area contributed by atoms with Gasteiger partial charge in [0, 0.05) is 42.4 Å². The quantitative estimate of drug-likeness (QED) is 0.593. The summed E-state index contributed by atoms with van der Waals surface area (Å²) in [6.45, 7) is 3.76. The molecule has 1 atom stereocenters. The van der Waals surface area contributed by atoms with Crippen molar-refractivity contribution in [2.24, 2.45) is 0 Å². The summed E-state index contributed by atoms with van der Waals surface area (Å²) in [4.78, 5) is 20.8. The molecule has 7 heteroatoms. The molecule has 5 rings (SSSR count). The van der Waals surface area contributed by atoms with E-state index in [-0.39, 0.29) is 0 Å². The van der Waals surface area contributed by atoms with Gasteiger partial charge in [-0.3, -0.25) is 10.1 Å². The maximum atomic E-state index is 4.97. The number of rotatable bonds is 3. The molecular formula is C21H21N7. The van der Waals surface area contributed by atoms with Crippen LogP contribution in [0.4, 0.5) is 5.82 Å². The van der Waals surface area contributed by atoms with E-state index < -0.39 is 0 Å². The number of pyridine rings is 1. The van der Waals surface area contributed by atoms with Crippen LogP contribution in [0.25, 0.3) is 22.3 Å². The first-order valence-corrected chi connectivity index (χ1v) is 9.59. The molecule has 7 nitrogen and oxygen atoms in total. The molecule has 0 radical (unpaired) electrons. The predicted octanol–water partition coefficient (Wildman–Crippen LogP) is 3.50. The van der Waals surface area contributed by atoms with Gasteiger partial charge in [0.05, 0.1) is 5.52 Å². The van der Waals surface area contributed by atoms with Gasteiger partial charge in [-0.25, -0.2) is 15.0 Å². The van der Waals surface area contributed by atoms with Crippen LogP contribution in [0.15, 0.2) is 48.8 Å². The zero-order valence-electron chi connectivity index (χ0n) is 15.7. The first-order chi connectivity index (χ1) is 13.8. The minimum absolute atomic E-state index is 0.303. The lowest BCUT2D eigenvalue weighted by Gasteiger charge is -2.33. The number of aromatic nitrogens is 6. The van der Waals surface area contributed by atoms with Gasteiger partial charge in [-0.2, -0.15) is 5.10 Å². The molecule has 4 aromatic rings. The Morgan fingerprint density at radius 2 is 1.89 bits per heavy atom. The van der Waals surface area contributed by atoms with Gasteiger partial charge < -0.3 is 4.90 Å². The van der Waals surface area contributed by atoms with Crippen molar-refractivity contribution in [3.05, 3.63) is 60.4 Å². The number of benzene rings is 1. The van der Waals surface area contributed by atoms with Gasteiger partial charge in [0.1, 0.15) is 11.6 Å². The second-order valence-corrected chi connectivity index (χ2v) is 7.19. The van der Waals surface area contributed by atoms with Crippen LogP contribution in [0, 0.1) is 6.92 Å². The van der Waals surface area contributed by atoms with Gasteiger partial charge in [-0.05, 0) is 44.0 Å². The summed E-state index contributed by atoms with van der Waals surface area (Å²) in [5, 5.41) is 8.44. The predicted molar refractivity (Wildman–Crippen MR) is 108 cm³/mol. The van der Waals surface area contributed by atoms with Gasteiger partial charge in [0.2, 0.25) is 0 Å². The molecule has 1 aliphatic rings.